The van der Waals surface area contributed by atoms with E-state index < -0.39 is 11.3 Å². The van der Waals surface area contributed by atoms with Crippen molar-refractivity contribution in [1.82, 2.24) is 20.2 Å². The number of hydrogen-bond acceptors (Lipinski definition) is 9. The Bertz CT molecular complexity index is 1980. The third kappa shape index (κ3) is 8.15. The van der Waals surface area contributed by atoms with Crippen LogP contribution in [0.25, 0.3) is 16.6 Å². The third-order valence-electron chi connectivity index (χ3n) is 7.68. The Kier molecular flexibility index (Phi) is 11.0. The first-order valence-electron chi connectivity index (χ1n) is 15.6. The van der Waals surface area contributed by atoms with Gasteiger partial charge in [-0.15, -0.1) is 0 Å². The fourth-order valence-corrected chi connectivity index (χ4v) is 5.10. The highest BCUT2D eigenvalue weighted by Crippen LogP contribution is 2.37. The zero-order chi connectivity index (χ0) is 34.0. The molecule has 0 aliphatic rings. The van der Waals surface area contributed by atoms with Crippen molar-refractivity contribution in [3.05, 3.63) is 106 Å². The monoisotopic (exact) mass is 651 g/mol. The number of aromatic nitrogens is 3. The number of methoxy groups -OCH3 is 1. The Labute approximate surface area is 277 Å². The lowest BCUT2D eigenvalue weighted by molar-refractivity contribution is -0.129. The molecule has 0 bridgehead atoms. The molecule has 12 nitrogen and oxygen atoms in total. The second kappa shape index (κ2) is 15.7. The molecule has 0 aliphatic heterocycles. The van der Waals surface area contributed by atoms with Gasteiger partial charge in [0.25, 0.3) is 5.91 Å². The van der Waals surface area contributed by atoms with E-state index in [2.05, 4.69) is 15.4 Å². The molecule has 0 spiro atoms. The number of ether oxygens (including phenoxy) is 3. The lowest BCUT2D eigenvalue weighted by Crippen LogP contribution is -2.27. The number of unbranched alkanes of at least 4 members (excludes halogenated alkanes) is 3. The van der Waals surface area contributed by atoms with Crippen LogP contribution < -0.4 is 30.4 Å². The Balaban J connectivity index is 1.24. The SMILES string of the molecule is COc1cc2c(Oc3ccc(NC(=O)c4nn(-c5ccccc5C)cc(C)c4=O)cc3)ccnc2cc1OCCCCCCC(=O)NO. The van der Waals surface area contributed by atoms with Crippen LogP contribution in [0.2, 0.25) is 0 Å². The van der Waals surface area contributed by atoms with Gasteiger partial charge in [0.2, 0.25) is 11.3 Å². The molecular weight excluding hydrogens is 614 g/mol. The minimum absolute atomic E-state index is 0.205. The lowest BCUT2D eigenvalue weighted by Gasteiger charge is -2.14. The van der Waals surface area contributed by atoms with Gasteiger partial charge in [-0.25, -0.2) is 10.2 Å². The van der Waals surface area contributed by atoms with E-state index in [0.29, 0.717) is 52.8 Å². The average Bonchev–Trinajstić information content (AvgIpc) is 3.09. The standard InChI is InChI=1S/C36H37N5O7/c1-23-10-7-8-11-29(23)41-22-24(2)35(43)34(39-41)36(44)38-25-13-15-26(16-14-25)48-30-17-18-37-28-21-32(31(46-3)20-27(28)30)47-19-9-5-4-6-12-33(42)40-45/h7-8,10-11,13-18,20-22,45H,4-6,9,12,19H2,1-3H3,(H,38,44)(H,40,42). The fourth-order valence-electron chi connectivity index (χ4n) is 5.10. The van der Waals surface area contributed by atoms with Gasteiger partial charge in [0.15, 0.2) is 17.2 Å². The number of amides is 2. The van der Waals surface area contributed by atoms with E-state index in [0.717, 1.165) is 35.9 Å². The number of nitrogens with zero attached hydrogens (tertiary/aromatic N) is 3. The van der Waals surface area contributed by atoms with Gasteiger partial charge in [-0.2, -0.15) is 5.10 Å². The number of anilines is 1. The van der Waals surface area contributed by atoms with Gasteiger partial charge >= 0.3 is 0 Å². The summed E-state index contributed by atoms with van der Waals surface area (Å²) in [5, 5.41) is 16.4. The normalized spacial score (nSPS) is 10.8. The summed E-state index contributed by atoms with van der Waals surface area (Å²) < 4.78 is 19.3. The second-order valence-electron chi connectivity index (χ2n) is 11.2. The highest BCUT2D eigenvalue weighted by atomic mass is 16.5. The van der Waals surface area contributed by atoms with E-state index in [1.165, 1.54) is 0 Å². The number of rotatable bonds is 14. The van der Waals surface area contributed by atoms with Gasteiger partial charge in [-0.05, 0) is 74.7 Å². The molecule has 0 atom stereocenters. The summed E-state index contributed by atoms with van der Waals surface area (Å²) in [7, 11) is 1.56. The van der Waals surface area contributed by atoms with E-state index >= 15 is 0 Å². The highest BCUT2D eigenvalue weighted by molar-refractivity contribution is 6.02. The molecule has 248 valence electrons. The van der Waals surface area contributed by atoms with E-state index in [1.807, 2.05) is 37.3 Å². The smallest absolute Gasteiger partial charge is 0.280 e. The molecule has 2 amide bonds. The zero-order valence-corrected chi connectivity index (χ0v) is 27.0. The van der Waals surface area contributed by atoms with E-state index in [-0.39, 0.29) is 18.0 Å². The first-order valence-corrected chi connectivity index (χ1v) is 15.6. The molecule has 0 aliphatic carbocycles. The van der Waals surface area contributed by atoms with Gasteiger partial charge in [-0.1, -0.05) is 31.0 Å². The van der Waals surface area contributed by atoms with Crippen LogP contribution in [-0.2, 0) is 4.79 Å². The second-order valence-corrected chi connectivity index (χ2v) is 11.2. The molecule has 12 heteroatoms. The summed E-state index contributed by atoms with van der Waals surface area (Å²) in [6, 6.07) is 19.7. The molecule has 3 aromatic carbocycles. The number of benzene rings is 3. The largest absolute Gasteiger partial charge is 0.493 e. The molecule has 2 aromatic heterocycles. The number of aryl methyl sites for hydroxylation is 2. The van der Waals surface area contributed by atoms with Crippen LogP contribution in [0, 0.1) is 13.8 Å². The molecule has 0 saturated heterocycles. The number of carbonyl (C=O) groups excluding carboxylic acids is 2. The number of hydrogen-bond donors (Lipinski definition) is 3. The first-order chi connectivity index (χ1) is 23.3. The maximum atomic E-state index is 13.2. The maximum Gasteiger partial charge on any atom is 0.280 e. The number of fused-ring (bicyclic) bond motifs is 1. The average molecular weight is 652 g/mol. The summed E-state index contributed by atoms with van der Waals surface area (Å²) in [6.07, 6.45) is 6.76. The van der Waals surface area contributed by atoms with Crippen LogP contribution in [0.15, 0.2) is 83.9 Å². The van der Waals surface area contributed by atoms with Crippen molar-refractivity contribution in [2.75, 3.05) is 19.0 Å². The Morgan fingerprint density at radius 1 is 0.896 bits per heavy atom. The van der Waals surface area contributed by atoms with Gasteiger partial charge in [-0.3, -0.25) is 24.6 Å². The van der Waals surface area contributed by atoms with Gasteiger partial charge in [0.05, 0.1) is 24.9 Å². The first kappa shape index (κ1) is 33.6. The Morgan fingerprint density at radius 3 is 2.42 bits per heavy atom. The molecule has 5 rings (SSSR count). The zero-order valence-electron chi connectivity index (χ0n) is 27.0. The van der Waals surface area contributed by atoms with Crippen LogP contribution >= 0.6 is 0 Å². The highest BCUT2D eigenvalue weighted by Gasteiger charge is 2.17. The third-order valence-corrected chi connectivity index (χ3v) is 7.68. The van der Waals surface area contributed by atoms with Crippen molar-refractivity contribution in [3.8, 4) is 28.7 Å². The van der Waals surface area contributed by atoms with E-state index in [1.54, 1.807) is 73.0 Å². The van der Waals surface area contributed by atoms with Crippen LogP contribution in [0.3, 0.4) is 0 Å². The van der Waals surface area contributed by atoms with Crippen LogP contribution in [0.5, 0.6) is 23.0 Å². The van der Waals surface area contributed by atoms with Gasteiger partial charge in [0, 0.05) is 41.5 Å². The van der Waals surface area contributed by atoms with Gasteiger partial charge in [0.1, 0.15) is 11.5 Å². The van der Waals surface area contributed by atoms with Crippen molar-refractivity contribution >= 4 is 28.4 Å². The Hall–Kier alpha value is -5.75. The Morgan fingerprint density at radius 2 is 1.67 bits per heavy atom. The fraction of sp³-hybridized carbons (Fsp3) is 0.250. The predicted molar refractivity (Wildman–Crippen MR) is 181 cm³/mol. The topological polar surface area (TPSA) is 154 Å². The molecule has 0 radical (unpaired) electrons. The molecule has 2 heterocycles. The minimum atomic E-state index is -0.614. The van der Waals surface area contributed by atoms with Gasteiger partial charge < -0.3 is 19.5 Å². The summed E-state index contributed by atoms with van der Waals surface area (Å²) in [5.41, 5.74) is 4.26. The van der Waals surface area contributed by atoms with Crippen molar-refractivity contribution in [3.63, 3.8) is 0 Å². The molecule has 0 unspecified atom stereocenters. The van der Waals surface area contributed by atoms with Crippen molar-refractivity contribution < 1.29 is 29.0 Å². The minimum Gasteiger partial charge on any atom is -0.493 e. The predicted octanol–water partition coefficient (Wildman–Crippen LogP) is 6.29. The summed E-state index contributed by atoms with van der Waals surface area (Å²) >= 11 is 0. The molecule has 3 N–H and O–H groups in total. The number of para-hydroxylation sites is 1. The van der Waals surface area contributed by atoms with Crippen molar-refractivity contribution in [2.24, 2.45) is 0 Å². The summed E-state index contributed by atoms with van der Waals surface area (Å²) in [5.74, 6) is 1.16. The number of nitrogens with one attached hydrogen (secondary N) is 2. The van der Waals surface area contributed by atoms with Crippen LogP contribution in [-0.4, -0.2) is 45.5 Å². The van der Waals surface area contributed by atoms with Crippen LogP contribution in [0.4, 0.5) is 5.69 Å². The number of hydroxylamine groups is 1. The summed E-state index contributed by atoms with van der Waals surface area (Å²) in [4.78, 5) is 41.6. The van der Waals surface area contributed by atoms with Crippen molar-refractivity contribution in [1.29, 1.82) is 0 Å². The maximum absolute atomic E-state index is 13.2. The van der Waals surface area contributed by atoms with E-state index in [4.69, 9.17) is 19.4 Å². The lowest BCUT2D eigenvalue weighted by atomic mass is 10.1. The number of pyridine rings is 1. The molecular formula is C36H37N5O7. The quantitative estimate of drug-likeness (QED) is 0.0715. The molecule has 5 aromatic rings. The number of carbonyl (C=O) groups is 2. The molecule has 0 saturated carbocycles. The van der Waals surface area contributed by atoms with E-state index in [9.17, 15) is 14.4 Å². The van der Waals surface area contributed by atoms with Crippen LogP contribution in [0.1, 0.15) is 53.7 Å². The summed E-state index contributed by atoms with van der Waals surface area (Å²) in [6.45, 7) is 4.06. The molecule has 0 fully saturated rings. The van der Waals surface area contributed by atoms with Crippen molar-refractivity contribution in [2.45, 2.75) is 46.0 Å². The molecule has 48 heavy (non-hydrogen) atoms.